The van der Waals surface area contributed by atoms with Gasteiger partial charge in [0.15, 0.2) is 0 Å². The van der Waals surface area contributed by atoms with E-state index >= 15 is 0 Å². The van der Waals surface area contributed by atoms with Crippen LogP contribution in [0.1, 0.15) is 61.5 Å². The van der Waals surface area contributed by atoms with Crippen LogP contribution in [0.2, 0.25) is 0 Å². The van der Waals surface area contributed by atoms with Crippen molar-refractivity contribution in [2.45, 2.75) is 52.4 Å². The van der Waals surface area contributed by atoms with Crippen LogP contribution < -0.4 is 11.1 Å². The van der Waals surface area contributed by atoms with Gasteiger partial charge in [0, 0.05) is 30.9 Å². The maximum absolute atomic E-state index is 12.9. The quantitative estimate of drug-likeness (QED) is 0.740. The molecule has 0 spiro atoms. The molecule has 6 nitrogen and oxygen atoms in total. The van der Waals surface area contributed by atoms with Crippen molar-refractivity contribution in [2.75, 3.05) is 6.54 Å². The van der Waals surface area contributed by atoms with Gasteiger partial charge in [0.25, 0.3) is 5.91 Å². The maximum atomic E-state index is 12.9. The minimum Gasteiger partial charge on any atom is -0.398 e. The van der Waals surface area contributed by atoms with Crippen LogP contribution in [0.3, 0.4) is 0 Å². The molecule has 0 radical (unpaired) electrons. The Balaban J connectivity index is 1.41. The molecule has 1 aromatic rings. The molecule has 4 fully saturated rings. The van der Waals surface area contributed by atoms with Crippen molar-refractivity contribution in [3.63, 3.8) is 0 Å². The van der Waals surface area contributed by atoms with E-state index in [1.807, 2.05) is 13.8 Å². The monoisotopic (exact) mass is 381 g/mol. The summed E-state index contributed by atoms with van der Waals surface area (Å²) in [5, 5.41) is 7.70. The second-order valence-electron chi connectivity index (χ2n) is 9.30. The summed E-state index contributed by atoms with van der Waals surface area (Å²) in [7, 11) is 0. The Morgan fingerprint density at radius 2 is 1.96 bits per heavy atom. The van der Waals surface area contributed by atoms with Crippen molar-refractivity contribution in [1.29, 1.82) is 0 Å². The van der Waals surface area contributed by atoms with Gasteiger partial charge in [-0.15, -0.1) is 0 Å². The average Bonchev–Trinajstić information content (AvgIpc) is 3.00. The first kappa shape index (κ1) is 19.0. The first-order valence-electron chi connectivity index (χ1n) is 10.3. The van der Waals surface area contributed by atoms with Gasteiger partial charge in [-0.1, -0.05) is 6.58 Å². The highest BCUT2D eigenvalue weighted by Crippen LogP contribution is 2.59. The lowest BCUT2D eigenvalue weighted by atomic mass is 9.49. The lowest BCUT2D eigenvalue weighted by Crippen LogP contribution is -2.51. The fourth-order valence-corrected chi connectivity index (χ4v) is 6.03. The number of allylic oxidation sites excluding steroid dienone is 2. The van der Waals surface area contributed by atoms with E-state index in [-0.39, 0.29) is 5.91 Å². The first-order valence-corrected chi connectivity index (χ1v) is 10.3. The van der Waals surface area contributed by atoms with Crippen LogP contribution in [-0.4, -0.2) is 28.4 Å². The molecule has 4 aliphatic carbocycles. The SMILES string of the molecule is C=C(N)C=N/C=C(\C)n1cc(C(=O)NCC23CC4CC(CC(C4)C2)C3)c(C)n1. The van der Waals surface area contributed by atoms with E-state index in [9.17, 15) is 4.79 Å². The standard InChI is InChI=1S/C22H31N5O/c1-14(23)10-24-11-15(2)27-12-20(16(3)26-27)21(28)25-13-22-7-17-4-18(8-22)6-19(5-17)9-22/h10-12,17-19H,1,4-9,13,23H2,2-3H3,(H,25,28)/b15-11+,24-10?. The number of nitrogens with two attached hydrogens (primary N) is 1. The molecule has 1 aromatic heterocycles. The van der Waals surface area contributed by atoms with Crippen molar-refractivity contribution in [1.82, 2.24) is 15.1 Å². The summed E-state index contributed by atoms with van der Waals surface area (Å²) in [5.41, 5.74) is 8.37. The van der Waals surface area contributed by atoms with E-state index in [4.69, 9.17) is 5.73 Å². The summed E-state index contributed by atoms with van der Waals surface area (Å²) < 4.78 is 1.69. The van der Waals surface area contributed by atoms with Crippen LogP contribution in [0.5, 0.6) is 0 Å². The number of aryl methyl sites for hydroxylation is 1. The highest BCUT2D eigenvalue weighted by molar-refractivity contribution is 5.95. The Kier molecular flexibility index (Phi) is 4.89. The largest absolute Gasteiger partial charge is 0.398 e. The van der Waals surface area contributed by atoms with Crippen molar-refractivity contribution in [3.05, 3.63) is 35.9 Å². The van der Waals surface area contributed by atoms with E-state index in [0.717, 1.165) is 35.7 Å². The molecule has 4 saturated carbocycles. The van der Waals surface area contributed by atoms with Crippen molar-refractivity contribution >= 4 is 17.8 Å². The third-order valence-corrected chi connectivity index (χ3v) is 6.80. The van der Waals surface area contributed by atoms with Crippen LogP contribution in [0, 0.1) is 30.1 Å². The zero-order valence-corrected chi connectivity index (χ0v) is 16.9. The number of aromatic nitrogens is 2. The third kappa shape index (κ3) is 3.77. The average molecular weight is 382 g/mol. The Labute approximate surface area is 167 Å². The summed E-state index contributed by atoms with van der Waals surface area (Å²) >= 11 is 0. The number of nitrogens with zero attached hydrogens (tertiary/aromatic N) is 3. The summed E-state index contributed by atoms with van der Waals surface area (Å²) in [5.74, 6) is 2.66. The molecule has 0 atom stereocenters. The molecule has 150 valence electrons. The zero-order chi connectivity index (χ0) is 19.9. The molecule has 6 heteroatoms. The predicted octanol–water partition coefficient (Wildman–Crippen LogP) is 3.50. The number of rotatable bonds is 6. The van der Waals surface area contributed by atoms with Gasteiger partial charge in [0.2, 0.25) is 0 Å². The van der Waals surface area contributed by atoms with Crippen molar-refractivity contribution in [3.8, 4) is 0 Å². The lowest BCUT2D eigenvalue weighted by Gasteiger charge is -2.56. The Bertz CT molecular complexity index is 812. The molecular formula is C22H31N5O. The van der Waals surface area contributed by atoms with Gasteiger partial charge in [-0.25, -0.2) is 4.68 Å². The smallest absolute Gasteiger partial charge is 0.254 e. The van der Waals surface area contributed by atoms with Crippen LogP contribution in [0.15, 0.2) is 29.7 Å². The number of hydrogen-bond donors (Lipinski definition) is 2. The highest BCUT2D eigenvalue weighted by atomic mass is 16.1. The Morgan fingerprint density at radius 3 is 2.54 bits per heavy atom. The van der Waals surface area contributed by atoms with Crippen LogP contribution >= 0.6 is 0 Å². The highest BCUT2D eigenvalue weighted by Gasteiger charge is 2.50. The van der Waals surface area contributed by atoms with E-state index in [2.05, 4.69) is 22.0 Å². The topological polar surface area (TPSA) is 85.3 Å². The predicted molar refractivity (Wildman–Crippen MR) is 112 cm³/mol. The molecule has 4 bridgehead atoms. The van der Waals surface area contributed by atoms with Gasteiger partial charge in [-0.2, -0.15) is 5.10 Å². The fourth-order valence-electron chi connectivity index (χ4n) is 6.03. The number of nitrogens with one attached hydrogen (secondary N) is 1. The van der Waals surface area contributed by atoms with Crippen molar-refractivity contribution in [2.24, 2.45) is 33.9 Å². The van der Waals surface area contributed by atoms with E-state index in [1.54, 1.807) is 17.1 Å². The maximum Gasteiger partial charge on any atom is 0.254 e. The molecular weight excluding hydrogens is 350 g/mol. The first-order chi connectivity index (χ1) is 13.3. The second-order valence-corrected chi connectivity index (χ2v) is 9.30. The number of amides is 1. The fraction of sp³-hybridized carbons (Fsp3) is 0.591. The van der Waals surface area contributed by atoms with Gasteiger partial charge < -0.3 is 11.1 Å². The van der Waals surface area contributed by atoms with Gasteiger partial charge in [-0.05, 0) is 75.5 Å². The molecule has 0 aromatic carbocycles. The van der Waals surface area contributed by atoms with Gasteiger partial charge >= 0.3 is 0 Å². The van der Waals surface area contributed by atoms with Gasteiger partial charge in [0.1, 0.15) is 0 Å². The van der Waals surface area contributed by atoms with E-state index in [1.165, 1.54) is 44.7 Å². The molecule has 3 N–H and O–H groups in total. The van der Waals surface area contributed by atoms with Crippen LogP contribution in [0.25, 0.3) is 5.70 Å². The minimum absolute atomic E-state index is 0.0221. The number of hydrogen-bond acceptors (Lipinski definition) is 4. The minimum atomic E-state index is -0.0221. The van der Waals surface area contributed by atoms with Crippen LogP contribution in [-0.2, 0) is 0 Å². The summed E-state index contributed by atoms with van der Waals surface area (Å²) in [6, 6.07) is 0. The third-order valence-electron chi connectivity index (χ3n) is 6.80. The zero-order valence-electron chi connectivity index (χ0n) is 16.9. The number of carbonyl (C=O) groups is 1. The number of carbonyl (C=O) groups excluding carboxylic acids is 1. The molecule has 0 aliphatic heterocycles. The van der Waals surface area contributed by atoms with Crippen LogP contribution in [0.4, 0.5) is 0 Å². The molecule has 28 heavy (non-hydrogen) atoms. The molecule has 0 saturated heterocycles. The molecule has 4 aliphatic rings. The number of aliphatic imine (C=N–C) groups is 1. The van der Waals surface area contributed by atoms with E-state index in [0.29, 0.717) is 16.7 Å². The lowest BCUT2D eigenvalue weighted by molar-refractivity contribution is -0.0503. The normalized spacial score (nSPS) is 31.5. The van der Waals surface area contributed by atoms with Crippen molar-refractivity contribution < 1.29 is 4.79 Å². The Hall–Kier alpha value is -2.37. The van der Waals surface area contributed by atoms with Gasteiger partial charge in [0.05, 0.1) is 17.0 Å². The van der Waals surface area contributed by atoms with Gasteiger partial charge in [-0.3, -0.25) is 9.79 Å². The molecule has 1 heterocycles. The Morgan fingerprint density at radius 1 is 1.36 bits per heavy atom. The second kappa shape index (κ2) is 7.22. The summed E-state index contributed by atoms with van der Waals surface area (Å²) in [6.45, 7) is 8.14. The molecule has 5 rings (SSSR count). The molecule has 1 amide bonds. The molecule has 0 unspecified atom stereocenters. The summed E-state index contributed by atoms with van der Waals surface area (Å²) in [4.78, 5) is 17.0. The summed E-state index contributed by atoms with van der Waals surface area (Å²) in [6.07, 6.45) is 13.1. The van der Waals surface area contributed by atoms with E-state index < -0.39 is 0 Å².